The molecule has 1 atom stereocenters. The van der Waals surface area contributed by atoms with E-state index in [2.05, 4.69) is 65.5 Å². The minimum Gasteiger partial charge on any atom is -0.357 e. The normalized spacial score (nSPS) is 21.7. The monoisotopic (exact) mass is 399 g/mol. The summed E-state index contributed by atoms with van der Waals surface area (Å²) in [5, 5.41) is 6.99. The van der Waals surface area contributed by atoms with Crippen molar-refractivity contribution in [2.75, 3.05) is 39.3 Å². The van der Waals surface area contributed by atoms with Crippen LogP contribution in [0.5, 0.6) is 0 Å². The van der Waals surface area contributed by atoms with Crippen LogP contribution < -0.4 is 10.6 Å². The highest BCUT2D eigenvalue weighted by Gasteiger charge is 2.21. The van der Waals surface area contributed by atoms with Gasteiger partial charge < -0.3 is 15.5 Å². The molecule has 162 valence electrons. The van der Waals surface area contributed by atoms with Crippen LogP contribution in [0.4, 0.5) is 0 Å². The topological polar surface area (TPSA) is 42.9 Å². The number of piperidine rings is 1. The third kappa shape index (κ3) is 7.31. The molecule has 1 unspecified atom stereocenters. The van der Waals surface area contributed by atoms with Gasteiger partial charge in [0.2, 0.25) is 0 Å². The molecule has 2 aliphatic heterocycles. The van der Waals surface area contributed by atoms with Crippen LogP contribution in [-0.4, -0.2) is 61.1 Å². The van der Waals surface area contributed by atoms with Crippen LogP contribution in [0.25, 0.3) is 0 Å². The third-order valence-corrected chi connectivity index (χ3v) is 6.23. The number of nitrogens with zero attached hydrogens (tertiary/aromatic N) is 3. The van der Waals surface area contributed by atoms with Gasteiger partial charge in [-0.2, -0.15) is 0 Å². The van der Waals surface area contributed by atoms with E-state index >= 15 is 0 Å². The Labute approximate surface area is 178 Å². The highest BCUT2D eigenvalue weighted by atomic mass is 15.2. The molecular formula is C24H41N5. The molecule has 0 aliphatic carbocycles. The average molecular weight is 400 g/mol. The molecule has 5 heteroatoms. The molecule has 0 radical (unpaired) electrons. The van der Waals surface area contributed by atoms with E-state index < -0.39 is 0 Å². The SMILES string of the molecule is CCNC(=NCc1ccc(CN2CCCC2)cc1)NCC1CCCN(C(C)C)C1. The van der Waals surface area contributed by atoms with Crippen LogP contribution in [0, 0.1) is 5.92 Å². The average Bonchev–Trinajstić information content (AvgIpc) is 3.24. The number of aliphatic imine (C=N–C) groups is 1. The van der Waals surface area contributed by atoms with E-state index in [0.717, 1.165) is 32.1 Å². The minimum atomic E-state index is 0.646. The summed E-state index contributed by atoms with van der Waals surface area (Å²) in [6, 6.07) is 9.66. The molecule has 2 heterocycles. The lowest BCUT2D eigenvalue weighted by atomic mass is 9.97. The van der Waals surface area contributed by atoms with E-state index in [1.165, 1.54) is 63.0 Å². The summed E-state index contributed by atoms with van der Waals surface area (Å²) in [5.41, 5.74) is 2.69. The summed E-state index contributed by atoms with van der Waals surface area (Å²) in [7, 11) is 0. The lowest BCUT2D eigenvalue weighted by molar-refractivity contribution is 0.141. The Morgan fingerprint density at radius 1 is 1.03 bits per heavy atom. The second kappa shape index (κ2) is 11.6. The van der Waals surface area contributed by atoms with Gasteiger partial charge in [0, 0.05) is 32.2 Å². The largest absolute Gasteiger partial charge is 0.357 e. The van der Waals surface area contributed by atoms with E-state index in [0.29, 0.717) is 12.0 Å². The van der Waals surface area contributed by atoms with E-state index in [1.54, 1.807) is 0 Å². The Bertz CT molecular complexity index is 619. The molecule has 3 rings (SSSR count). The summed E-state index contributed by atoms with van der Waals surface area (Å²) >= 11 is 0. The predicted octanol–water partition coefficient (Wildman–Crippen LogP) is 3.46. The van der Waals surface area contributed by atoms with Gasteiger partial charge in [0.15, 0.2) is 5.96 Å². The molecule has 0 saturated carbocycles. The first-order chi connectivity index (χ1) is 14.1. The van der Waals surface area contributed by atoms with E-state index in [1.807, 2.05) is 0 Å². The molecule has 2 aliphatic rings. The van der Waals surface area contributed by atoms with Gasteiger partial charge in [-0.3, -0.25) is 4.90 Å². The van der Waals surface area contributed by atoms with Crippen molar-refractivity contribution in [2.45, 2.75) is 65.6 Å². The number of likely N-dealkylation sites (tertiary alicyclic amines) is 2. The van der Waals surface area contributed by atoms with Gasteiger partial charge >= 0.3 is 0 Å². The summed E-state index contributed by atoms with van der Waals surface area (Å²) in [6.45, 7) is 15.4. The number of rotatable bonds is 8. The lowest BCUT2D eigenvalue weighted by Gasteiger charge is -2.35. The van der Waals surface area contributed by atoms with Gasteiger partial charge in [0.25, 0.3) is 0 Å². The molecular weight excluding hydrogens is 358 g/mol. The second-order valence-electron chi connectivity index (χ2n) is 8.97. The summed E-state index contributed by atoms with van der Waals surface area (Å²) in [5.74, 6) is 1.65. The number of hydrogen-bond donors (Lipinski definition) is 2. The van der Waals surface area contributed by atoms with Gasteiger partial charge in [-0.1, -0.05) is 24.3 Å². The smallest absolute Gasteiger partial charge is 0.191 e. The zero-order valence-corrected chi connectivity index (χ0v) is 18.8. The van der Waals surface area contributed by atoms with E-state index in [-0.39, 0.29) is 0 Å². The zero-order valence-electron chi connectivity index (χ0n) is 18.8. The van der Waals surface area contributed by atoms with Crippen molar-refractivity contribution < 1.29 is 0 Å². The number of hydrogen-bond acceptors (Lipinski definition) is 3. The van der Waals surface area contributed by atoms with Crippen LogP contribution in [0.3, 0.4) is 0 Å². The maximum absolute atomic E-state index is 4.83. The Hall–Kier alpha value is -1.59. The van der Waals surface area contributed by atoms with Crippen LogP contribution in [0.2, 0.25) is 0 Å². The highest BCUT2D eigenvalue weighted by molar-refractivity contribution is 5.79. The minimum absolute atomic E-state index is 0.646. The maximum atomic E-state index is 4.83. The van der Waals surface area contributed by atoms with Crippen molar-refractivity contribution in [3.63, 3.8) is 0 Å². The Morgan fingerprint density at radius 3 is 2.45 bits per heavy atom. The fourth-order valence-electron chi connectivity index (χ4n) is 4.44. The van der Waals surface area contributed by atoms with Crippen LogP contribution in [-0.2, 0) is 13.1 Å². The fourth-order valence-corrected chi connectivity index (χ4v) is 4.44. The molecule has 0 bridgehead atoms. The standard InChI is InChI=1S/C24H41N5/c1-4-25-24(27-17-23-8-7-15-29(19-23)20(2)3)26-16-21-9-11-22(12-10-21)18-28-13-5-6-14-28/h9-12,20,23H,4-8,13-19H2,1-3H3,(H2,25,26,27). The van der Waals surface area contributed by atoms with Crippen molar-refractivity contribution >= 4 is 5.96 Å². The molecule has 0 spiro atoms. The second-order valence-corrected chi connectivity index (χ2v) is 8.97. The highest BCUT2D eigenvalue weighted by Crippen LogP contribution is 2.18. The van der Waals surface area contributed by atoms with Gasteiger partial charge in [0.05, 0.1) is 6.54 Å². The van der Waals surface area contributed by atoms with Crippen molar-refractivity contribution in [2.24, 2.45) is 10.9 Å². The summed E-state index contributed by atoms with van der Waals surface area (Å²) in [6.07, 6.45) is 5.32. The molecule has 29 heavy (non-hydrogen) atoms. The first kappa shape index (κ1) is 22.1. The summed E-state index contributed by atoms with van der Waals surface area (Å²) < 4.78 is 0. The molecule has 2 N–H and O–H groups in total. The molecule has 2 saturated heterocycles. The molecule has 0 aromatic heterocycles. The molecule has 2 fully saturated rings. The van der Waals surface area contributed by atoms with Crippen molar-refractivity contribution in [3.05, 3.63) is 35.4 Å². The molecule has 1 aromatic carbocycles. The van der Waals surface area contributed by atoms with Crippen molar-refractivity contribution in [1.29, 1.82) is 0 Å². The third-order valence-electron chi connectivity index (χ3n) is 6.23. The van der Waals surface area contributed by atoms with Crippen LogP contribution >= 0.6 is 0 Å². The maximum Gasteiger partial charge on any atom is 0.191 e. The Kier molecular flexibility index (Phi) is 8.81. The number of guanidine groups is 1. The molecule has 1 aromatic rings. The van der Waals surface area contributed by atoms with Gasteiger partial charge in [0.1, 0.15) is 0 Å². The van der Waals surface area contributed by atoms with Crippen LogP contribution in [0.1, 0.15) is 57.6 Å². The predicted molar refractivity (Wildman–Crippen MR) is 123 cm³/mol. The number of benzene rings is 1. The lowest BCUT2D eigenvalue weighted by Crippen LogP contribution is -2.46. The molecule has 5 nitrogen and oxygen atoms in total. The Balaban J connectivity index is 1.48. The van der Waals surface area contributed by atoms with Crippen LogP contribution in [0.15, 0.2) is 29.3 Å². The van der Waals surface area contributed by atoms with Gasteiger partial charge in [-0.05, 0) is 83.1 Å². The summed E-state index contributed by atoms with van der Waals surface area (Å²) in [4.78, 5) is 9.97. The Morgan fingerprint density at radius 2 is 1.76 bits per heavy atom. The first-order valence-corrected chi connectivity index (χ1v) is 11.7. The van der Waals surface area contributed by atoms with Gasteiger partial charge in [-0.25, -0.2) is 4.99 Å². The van der Waals surface area contributed by atoms with Gasteiger partial charge in [-0.15, -0.1) is 0 Å². The van der Waals surface area contributed by atoms with E-state index in [9.17, 15) is 0 Å². The fraction of sp³-hybridized carbons (Fsp3) is 0.708. The quantitative estimate of drug-likeness (QED) is 0.519. The number of nitrogens with one attached hydrogen (secondary N) is 2. The molecule has 0 amide bonds. The van der Waals surface area contributed by atoms with E-state index in [4.69, 9.17) is 4.99 Å². The van der Waals surface area contributed by atoms with Crippen molar-refractivity contribution in [1.82, 2.24) is 20.4 Å². The zero-order chi connectivity index (χ0) is 20.5. The first-order valence-electron chi connectivity index (χ1n) is 11.7. The van der Waals surface area contributed by atoms with Crippen molar-refractivity contribution in [3.8, 4) is 0 Å².